The van der Waals surface area contributed by atoms with Gasteiger partial charge in [0.25, 0.3) is 0 Å². The van der Waals surface area contributed by atoms with Crippen molar-refractivity contribution in [3.05, 3.63) is 48.2 Å². The van der Waals surface area contributed by atoms with Crippen LogP contribution < -0.4 is 10.1 Å². The summed E-state index contributed by atoms with van der Waals surface area (Å²) in [7, 11) is 0. The molecule has 0 saturated heterocycles. The topological polar surface area (TPSA) is 84.3 Å². The van der Waals surface area contributed by atoms with Crippen molar-refractivity contribution in [2.45, 2.75) is 19.4 Å². The number of benzene rings is 1. The number of carboxylic acids is 1. The fourth-order valence-corrected chi connectivity index (χ4v) is 1.87. The molecule has 0 amide bonds. The van der Waals surface area contributed by atoms with Gasteiger partial charge in [0.05, 0.1) is 6.61 Å². The molecule has 0 spiro atoms. The molecule has 2 aromatic rings. The summed E-state index contributed by atoms with van der Waals surface area (Å²) < 4.78 is 5.29. The number of hydrogen-bond acceptors (Lipinski definition) is 5. The molecule has 1 atom stereocenters. The van der Waals surface area contributed by atoms with Crippen LogP contribution in [0.5, 0.6) is 5.88 Å². The van der Waals surface area contributed by atoms with Crippen LogP contribution in [0, 0.1) is 0 Å². The summed E-state index contributed by atoms with van der Waals surface area (Å²) in [5, 5.41) is 12.4. The third-order valence-corrected chi connectivity index (χ3v) is 3.06. The molecule has 0 radical (unpaired) electrons. The number of anilines is 1. The van der Waals surface area contributed by atoms with Gasteiger partial charge < -0.3 is 15.2 Å². The molecule has 6 nitrogen and oxygen atoms in total. The molecule has 0 fully saturated rings. The molecule has 2 rings (SSSR count). The Morgan fingerprint density at radius 3 is 2.67 bits per heavy atom. The molecular weight excluding hydrogens is 270 g/mol. The van der Waals surface area contributed by atoms with Gasteiger partial charge in [-0.15, -0.1) is 0 Å². The van der Waals surface area contributed by atoms with E-state index in [0.29, 0.717) is 18.1 Å². The Morgan fingerprint density at radius 2 is 2.05 bits per heavy atom. The fourth-order valence-electron chi connectivity index (χ4n) is 1.87. The van der Waals surface area contributed by atoms with Crippen molar-refractivity contribution in [1.82, 2.24) is 9.97 Å². The molecule has 110 valence electrons. The third kappa shape index (κ3) is 3.28. The van der Waals surface area contributed by atoms with E-state index in [1.165, 1.54) is 6.20 Å². The first-order valence-electron chi connectivity index (χ1n) is 6.59. The highest BCUT2D eigenvalue weighted by atomic mass is 16.5. The number of carboxylic acid groups (broad SMARTS) is 1. The van der Waals surface area contributed by atoms with Gasteiger partial charge in [-0.2, -0.15) is 4.98 Å². The van der Waals surface area contributed by atoms with Gasteiger partial charge in [0.1, 0.15) is 0 Å². The van der Waals surface area contributed by atoms with Crippen LogP contribution in [0.25, 0.3) is 0 Å². The number of ether oxygens (including phenoxy) is 1. The van der Waals surface area contributed by atoms with E-state index in [1.807, 2.05) is 13.0 Å². The molecule has 1 unspecified atom stereocenters. The second-order valence-electron chi connectivity index (χ2n) is 4.57. The number of aromatic nitrogens is 2. The number of rotatable bonds is 6. The first-order chi connectivity index (χ1) is 10.1. The largest absolute Gasteiger partial charge is 0.479 e. The van der Waals surface area contributed by atoms with Gasteiger partial charge in [-0.3, -0.25) is 0 Å². The van der Waals surface area contributed by atoms with Gasteiger partial charge in [-0.05, 0) is 19.4 Å². The van der Waals surface area contributed by atoms with Crippen LogP contribution in [-0.2, 0) is 10.3 Å². The number of nitrogens with one attached hydrogen (secondary N) is 1. The lowest BCUT2D eigenvalue weighted by atomic mass is 9.92. The zero-order chi connectivity index (χ0) is 15.3. The van der Waals surface area contributed by atoms with Gasteiger partial charge in [-0.25, -0.2) is 9.78 Å². The molecule has 0 aliphatic carbocycles. The van der Waals surface area contributed by atoms with E-state index in [-0.39, 0.29) is 5.95 Å². The molecule has 1 heterocycles. The van der Waals surface area contributed by atoms with Crippen LogP contribution in [0.4, 0.5) is 5.95 Å². The van der Waals surface area contributed by atoms with E-state index < -0.39 is 11.5 Å². The molecule has 0 aliphatic heterocycles. The molecular formula is C15H17N3O3. The van der Waals surface area contributed by atoms with Gasteiger partial charge in [-0.1, -0.05) is 30.3 Å². The number of aliphatic carboxylic acids is 1. The zero-order valence-electron chi connectivity index (χ0n) is 11.9. The quantitative estimate of drug-likeness (QED) is 0.848. The van der Waals surface area contributed by atoms with Crippen LogP contribution in [0.3, 0.4) is 0 Å². The Bertz CT molecular complexity index is 619. The molecule has 2 N–H and O–H groups in total. The normalized spacial score (nSPS) is 13.2. The van der Waals surface area contributed by atoms with Crippen molar-refractivity contribution in [1.29, 1.82) is 0 Å². The van der Waals surface area contributed by atoms with Crippen molar-refractivity contribution in [3.8, 4) is 5.88 Å². The SMILES string of the molecule is CCOc1ccnc(NC(C)(C(=O)O)c2ccccc2)n1. The maximum absolute atomic E-state index is 11.7. The van der Waals surface area contributed by atoms with Crippen molar-refractivity contribution in [3.63, 3.8) is 0 Å². The Hall–Kier alpha value is -2.63. The summed E-state index contributed by atoms with van der Waals surface area (Å²) in [6.45, 7) is 3.90. The minimum atomic E-state index is -1.33. The monoisotopic (exact) mass is 287 g/mol. The van der Waals surface area contributed by atoms with E-state index in [1.54, 1.807) is 37.3 Å². The summed E-state index contributed by atoms with van der Waals surface area (Å²) in [5.74, 6) is -0.412. The third-order valence-electron chi connectivity index (χ3n) is 3.06. The average Bonchev–Trinajstić information content (AvgIpc) is 2.48. The standard InChI is InChI=1S/C15H17N3O3/c1-3-21-12-9-10-16-14(17-12)18-15(2,13(19)20)11-7-5-4-6-8-11/h4-10H,3H2,1-2H3,(H,19,20)(H,16,17,18). The predicted octanol–water partition coefficient (Wildman–Crippen LogP) is 2.29. The lowest BCUT2D eigenvalue weighted by Crippen LogP contribution is -2.41. The zero-order valence-corrected chi connectivity index (χ0v) is 11.9. The van der Waals surface area contributed by atoms with E-state index in [4.69, 9.17) is 4.74 Å². The Labute approximate surface area is 122 Å². The Balaban J connectivity index is 2.33. The lowest BCUT2D eigenvalue weighted by molar-refractivity contribution is -0.142. The van der Waals surface area contributed by atoms with Crippen molar-refractivity contribution in [2.75, 3.05) is 11.9 Å². The molecule has 0 aliphatic rings. The Kier molecular flexibility index (Phi) is 4.37. The summed E-state index contributed by atoms with van der Waals surface area (Å²) in [6, 6.07) is 10.5. The number of nitrogens with zero attached hydrogens (tertiary/aromatic N) is 2. The van der Waals surface area contributed by atoms with Crippen molar-refractivity contribution in [2.24, 2.45) is 0 Å². The minimum absolute atomic E-state index is 0.203. The highest BCUT2D eigenvalue weighted by Gasteiger charge is 2.35. The van der Waals surface area contributed by atoms with Gasteiger partial charge in [0, 0.05) is 12.3 Å². The molecule has 0 saturated carbocycles. The maximum Gasteiger partial charge on any atom is 0.333 e. The first-order valence-corrected chi connectivity index (χ1v) is 6.59. The van der Waals surface area contributed by atoms with Crippen LogP contribution in [0.2, 0.25) is 0 Å². The second-order valence-corrected chi connectivity index (χ2v) is 4.57. The second kappa shape index (κ2) is 6.21. The minimum Gasteiger partial charge on any atom is -0.479 e. The van der Waals surface area contributed by atoms with Gasteiger partial charge in [0.2, 0.25) is 11.8 Å². The highest BCUT2D eigenvalue weighted by Crippen LogP contribution is 2.25. The van der Waals surface area contributed by atoms with Gasteiger partial charge in [0.15, 0.2) is 5.54 Å². The van der Waals surface area contributed by atoms with E-state index >= 15 is 0 Å². The predicted molar refractivity (Wildman–Crippen MR) is 78.3 cm³/mol. The van der Waals surface area contributed by atoms with Gasteiger partial charge >= 0.3 is 5.97 Å². The maximum atomic E-state index is 11.7. The van der Waals surface area contributed by atoms with Crippen molar-refractivity contribution < 1.29 is 14.6 Å². The van der Waals surface area contributed by atoms with Crippen LogP contribution in [0.1, 0.15) is 19.4 Å². The van der Waals surface area contributed by atoms with Crippen LogP contribution in [-0.4, -0.2) is 27.7 Å². The fraction of sp³-hybridized carbons (Fsp3) is 0.267. The molecule has 21 heavy (non-hydrogen) atoms. The summed E-state index contributed by atoms with van der Waals surface area (Å²) >= 11 is 0. The number of hydrogen-bond donors (Lipinski definition) is 2. The Morgan fingerprint density at radius 1 is 1.33 bits per heavy atom. The molecule has 1 aromatic carbocycles. The molecule has 6 heteroatoms. The van der Waals surface area contributed by atoms with Crippen LogP contribution in [0.15, 0.2) is 42.6 Å². The number of carbonyl (C=O) groups is 1. The van der Waals surface area contributed by atoms with Crippen LogP contribution >= 0.6 is 0 Å². The van der Waals surface area contributed by atoms with E-state index in [9.17, 15) is 9.90 Å². The average molecular weight is 287 g/mol. The molecule has 1 aromatic heterocycles. The van der Waals surface area contributed by atoms with E-state index in [2.05, 4.69) is 15.3 Å². The lowest BCUT2D eigenvalue weighted by Gasteiger charge is -2.26. The molecule has 0 bridgehead atoms. The summed E-state index contributed by atoms with van der Waals surface area (Å²) in [5.41, 5.74) is -0.713. The van der Waals surface area contributed by atoms with Crippen molar-refractivity contribution >= 4 is 11.9 Å². The smallest absolute Gasteiger partial charge is 0.333 e. The highest BCUT2D eigenvalue weighted by molar-refractivity contribution is 5.83. The van der Waals surface area contributed by atoms with E-state index in [0.717, 1.165) is 0 Å². The summed E-state index contributed by atoms with van der Waals surface area (Å²) in [4.78, 5) is 19.9. The first kappa shape index (κ1) is 14.8. The summed E-state index contributed by atoms with van der Waals surface area (Å²) in [6.07, 6.45) is 1.52.